The molecule has 4 rings (SSSR count). The van der Waals surface area contributed by atoms with Crippen molar-refractivity contribution in [2.75, 3.05) is 39.3 Å². The van der Waals surface area contributed by atoms with Crippen molar-refractivity contribution in [2.45, 2.75) is 20.4 Å². The lowest BCUT2D eigenvalue weighted by atomic mass is 9.99. The van der Waals surface area contributed by atoms with E-state index in [1.54, 1.807) is 5.56 Å². The monoisotopic (exact) mass is 231 g/mol. The number of rotatable bonds is 2. The van der Waals surface area contributed by atoms with E-state index in [1.807, 2.05) is 0 Å². The molecule has 3 heterocycles. The predicted molar refractivity (Wildman–Crippen MR) is 70.9 cm³/mol. The Balaban J connectivity index is 1.86. The third-order valence-electron chi connectivity index (χ3n) is 4.81. The van der Waals surface area contributed by atoms with Gasteiger partial charge in [0.15, 0.2) is 0 Å². The molecule has 2 bridgehead atoms. The summed E-state index contributed by atoms with van der Waals surface area (Å²) < 4.78 is 1.34. The zero-order chi connectivity index (χ0) is 11.9. The lowest BCUT2D eigenvalue weighted by molar-refractivity contribution is -0.953. The Morgan fingerprint density at radius 1 is 1.00 bits per heavy atom. The van der Waals surface area contributed by atoms with E-state index in [9.17, 15) is 0 Å². The second-order valence-corrected chi connectivity index (χ2v) is 5.88. The summed E-state index contributed by atoms with van der Waals surface area (Å²) in [6.07, 6.45) is 0. The van der Waals surface area contributed by atoms with Crippen LogP contribution in [0.5, 0.6) is 0 Å². The minimum Gasteiger partial charge on any atom is -0.317 e. The maximum Gasteiger partial charge on any atom is 0.105 e. The highest BCUT2D eigenvalue weighted by Gasteiger charge is 2.38. The SMILES string of the molecule is Cc1cccc(C)c1C[N+]12CCN(CC1)CC2. The number of hydrogen-bond donors (Lipinski definition) is 0. The molecule has 0 atom stereocenters. The molecule has 0 spiro atoms. The van der Waals surface area contributed by atoms with Gasteiger partial charge in [0.1, 0.15) is 6.54 Å². The molecule has 2 nitrogen and oxygen atoms in total. The summed E-state index contributed by atoms with van der Waals surface area (Å²) in [4.78, 5) is 2.62. The maximum absolute atomic E-state index is 2.62. The van der Waals surface area contributed by atoms with Crippen LogP contribution >= 0.6 is 0 Å². The molecule has 0 aromatic heterocycles. The van der Waals surface area contributed by atoms with Crippen molar-refractivity contribution in [3.05, 3.63) is 34.9 Å². The molecule has 2 heteroatoms. The predicted octanol–water partition coefficient (Wildman–Crippen LogP) is 1.95. The van der Waals surface area contributed by atoms with Crippen LogP contribution in [0.1, 0.15) is 16.7 Å². The van der Waals surface area contributed by atoms with Crippen molar-refractivity contribution in [3.8, 4) is 0 Å². The first-order chi connectivity index (χ1) is 8.19. The molecule has 3 saturated heterocycles. The van der Waals surface area contributed by atoms with Crippen LogP contribution in [-0.2, 0) is 6.54 Å². The minimum atomic E-state index is 1.26. The fourth-order valence-electron chi connectivity index (χ4n) is 3.40. The Morgan fingerprint density at radius 2 is 1.53 bits per heavy atom. The van der Waals surface area contributed by atoms with Gasteiger partial charge in [0.25, 0.3) is 0 Å². The van der Waals surface area contributed by atoms with Crippen molar-refractivity contribution >= 4 is 0 Å². The molecular formula is C15H23N2+. The number of aryl methyl sites for hydroxylation is 2. The first-order valence-corrected chi connectivity index (χ1v) is 6.81. The molecule has 92 valence electrons. The normalized spacial score (nSPS) is 31.8. The highest BCUT2D eigenvalue weighted by molar-refractivity contribution is 5.32. The highest BCUT2D eigenvalue weighted by atomic mass is 15.4. The average molecular weight is 231 g/mol. The molecule has 3 aliphatic heterocycles. The van der Waals surface area contributed by atoms with Crippen LogP contribution < -0.4 is 0 Å². The Bertz CT molecular complexity index is 383. The van der Waals surface area contributed by atoms with Crippen LogP contribution in [0.25, 0.3) is 0 Å². The molecule has 0 N–H and O–H groups in total. The van der Waals surface area contributed by atoms with Crippen LogP contribution in [0.15, 0.2) is 18.2 Å². The zero-order valence-electron chi connectivity index (χ0n) is 11.1. The Labute approximate surface area is 104 Å². The molecular weight excluding hydrogens is 208 g/mol. The van der Waals surface area contributed by atoms with Gasteiger partial charge in [0.2, 0.25) is 0 Å². The van der Waals surface area contributed by atoms with Gasteiger partial charge in [-0.3, -0.25) is 4.90 Å². The van der Waals surface area contributed by atoms with E-state index in [0.717, 1.165) is 0 Å². The van der Waals surface area contributed by atoms with Gasteiger partial charge in [0, 0.05) is 25.2 Å². The number of nitrogens with zero attached hydrogens (tertiary/aromatic N) is 2. The average Bonchev–Trinajstić information content (AvgIpc) is 2.36. The third-order valence-corrected chi connectivity index (χ3v) is 4.81. The Morgan fingerprint density at radius 3 is 2.06 bits per heavy atom. The van der Waals surface area contributed by atoms with Gasteiger partial charge in [0.05, 0.1) is 19.6 Å². The quantitative estimate of drug-likeness (QED) is 0.703. The summed E-state index contributed by atoms with van der Waals surface area (Å²) in [5, 5.41) is 0. The number of fused-ring (bicyclic) bond motifs is 3. The third kappa shape index (κ3) is 2.00. The fraction of sp³-hybridized carbons (Fsp3) is 0.600. The first kappa shape index (κ1) is 11.2. The lowest BCUT2D eigenvalue weighted by Gasteiger charge is -2.50. The maximum atomic E-state index is 2.62. The summed E-state index contributed by atoms with van der Waals surface area (Å²) in [5.41, 5.74) is 4.55. The van der Waals surface area contributed by atoms with Crippen molar-refractivity contribution in [2.24, 2.45) is 0 Å². The molecule has 1 aromatic rings. The number of quaternary nitrogens is 1. The smallest absolute Gasteiger partial charge is 0.105 e. The van der Waals surface area contributed by atoms with Gasteiger partial charge in [-0.05, 0) is 25.0 Å². The summed E-state index contributed by atoms with van der Waals surface area (Å²) in [6, 6.07) is 6.71. The van der Waals surface area contributed by atoms with E-state index >= 15 is 0 Å². The van der Waals surface area contributed by atoms with Crippen molar-refractivity contribution < 1.29 is 4.48 Å². The second-order valence-electron chi connectivity index (χ2n) is 5.88. The number of benzene rings is 1. The Kier molecular flexibility index (Phi) is 2.72. The molecule has 3 aliphatic rings. The topological polar surface area (TPSA) is 3.24 Å². The summed E-state index contributed by atoms with van der Waals surface area (Å²) in [7, 11) is 0. The van der Waals surface area contributed by atoms with Crippen LogP contribution in [0.2, 0.25) is 0 Å². The van der Waals surface area contributed by atoms with E-state index in [1.165, 1.54) is 61.4 Å². The summed E-state index contributed by atoms with van der Waals surface area (Å²) in [6.45, 7) is 13.8. The van der Waals surface area contributed by atoms with Crippen molar-refractivity contribution in [3.63, 3.8) is 0 Å². The molecule has 0 radical (unpaired) electrons. The largest absolute Gasteiger partial charge is 0.317 e. The highest BCUT2D eigenvalue weighted by Crippen LogP contribution is 2.26. The van der Waals surface area contributed by atoms with Crippen molar-refractivity contribution in [1.82, 2.24) is 4.90 Å². The van der Waals surface area contributed by atoms with E-state index in [-0.39, 0.29) is 0 Å². The molecule has 1 aromatic carbocycles. The molecule has 17 heavy (non-hydrogen) atoms. The summed E-state index contributed by atoms with van der Waals surface area (Å²) in [5.74, 6) is 0. The van der Waals surface area contributed by atoms with E-state index in [0.29, 0.717) is 0 Å². The van der Waals surface area contributed by atoms with Crippen LogP contribution in [-0.4, -0.2) is 48.7 Å². The molecule has 3 fully saturated rings. The van der Waals surface area contributed by atoms with Crippen molar-refractivity contribution in [1.29, 1.82) is 0 Å². The molecule has 0 aliphatic carbocycles. The van der Waals surface area contributed by atoms with Gasteiger partial charge in [-0.25, -0.2) is 0 Å². The van der Waals surface area contributed by atoms with Gasteiger partial charge >= 0.3 is 0 Å². The van der Waals surface area contributed by atoms with Crippen LogP contribution in [0, 0.1) is 13.8 Å². The van der Waals surface area contributed by atoms with Crippen LogP contribution in [0.3, 0.4) is 0 Å². The zero-order valence-corrected chi connectivity index (χ0v) is 11.1. The number of piperazine rings is 3. The van der Waals surface area contributed by atoms with Crippen LogP contribution in [0.4, 0.5) is 0 Å². The van der Waals surface area contributed by atoms with Gasteiger partial charge in [-0.1, -0.05) is 18.2 Å². The minimum absolute atomic E-state index is 1.26. The molecule has 0 saturated carbocycles. The first-order valence-electron chi connectivity index (χ1n) is 6.81. The van der Waals surface area contributed by atoms with Gasteiger partial charge in [-0.2, -0.15) is 0 Å². The van der Waals surface area contributed by atoms with Gasteiger partial charge < -0.3 is 4.48 Å². The Hall–Kier alpha value is -0.860. The van der Waals surface area contributed by atoms with Gasteiger partial charge in [-0.15, -0.1) is 0 Å². The van der Waals surface area contributed by atoms with E-state index < -0.39 is 0 Å². The second kappa shape index (κ2) is 4.11. The molecule has 0 unspecified atom stereocenters. The number of hydrogen-bond acceptors (Lipinski definition) is 1. The molecule has 0 amide bonds. The lowest BCUT2D eigenvalue weighted by Crippen LogP contribution is -2.66. The standard InChI is InChI=1S/C15H23N2/c1-13-4-3-5-14(2)15(13)12-17-9-6-16(7-10-17)8-11-17/h3-5H,6-12H2,1-2H3/q+1. The van der Waals surface area contributed by atoms with E-state index in [4.69, 9.17) is 0 Å². The van der Waals surface area contributed by atoms with E-state index in [2.05, 4.69) is 36.9 Å². The fourth-order valence-corrected chi connectivity index (χ4v) is 3.40. The summed E-state index contributed by atoms with van der Waals surface area (Å²) >= 11 is 0.